The summed E-state index contributed by atoms with van der Waals surface area (Å²) in [5, 5.41) is 10.1. The van der Waals surface area contributed by atoms with Gasteiger partial charge in [-0.1, -0.05) is 11.6 Å². The van der Waals surface area contributed by atoms with E-state index in [0.717, 1.165) is 0 Å². The standard InChI is InChI=1S/C12H9ClO4/c1-16-12(15)11-5-4-10(17-11)8-6-7(13)2-3-9(8)14/h2-6,14H,1H3. The second-order valence-electron chi connectivity index (χ2n) is 3.32. The highest BCUT2D eigenvalue weighted by atomic mass is 35.5. The predicted molar refractivity (Wildman–Crippen MR) is 62.2 cm³/mol. The van der Waals surface area contributed by atoms with Crippen LogP contribution in [0.4, 0.5) is 0 Å². The second-order valence-corrected chi connectivity index (χ2v) is 3.75. The lowest BCUT2D eigenvalue weighted by molar-refractivity contribution is 0.0566. The Bertz CT molecular complexity index is 559. The van der Waals surface area contributed by atoms with Gasteiger partial charge in [0.05, 0.1) is 12.7 Å². The minimum Gasteiger partial charge on any atom is -0.507 e. The van der Waals surface area contributed by atoms with Crippen molar-refractivity contribution in [2.24, 2.45) is 0 Å². The SMILES string of the molecule is COC(=O)c1ccc(-c2cc(Cl)ccc2O)o1. The molecule has 0 fully saturated rings. The smallest absolute Gasteiger partial charge is 0.373 e. The molecule has 88 valence electrons. The van der Waals surface area contributed by atoms with Gasteiger partial charge >= 0.3 is 5.97 Å². The number of phenols is 1. The van der Waals surface area contributed by atoms with E-state index < -0.39 is 5.97 Å². The topological polar surface area (TPSA) is 59.7 Å². The zero-order valence-electron chi connectivity index (χ0n) is 8.94. The molecule has 2 aromatic rings. The maximum absolute atomic E-state index is 11.2. The molecular formula is C12H9ClO4. The molecule has 0 aliphatic rings. The van der Waals surface area contributed by atoms with E-state index in [4.69, 9.17) is 16.0 Å². The molecule has 5 heteroatoms. The van der Waals surface area contributed by atoms with Crippen LogP contribution in [0.25, 0.3) is 11.3 Å². The van der Waals surface area contributed by atoms with Crippen LogP contribution in [0.2, 0.25) is 5.02 Å². The first kappa shape index (κ1) is 11.5. The summed E-state index contributed by atoms with van der Waals surface area (Å²) in [6.07, 6.45) is 0. The van der Waals surface area contributed by atoms with Crippen LogP contribution in [0.5, 0.6) is 5.75 Å². The van der Waals surface area contributed by atoms with Gasteiger partial charge in [0.25, 0.3) is 0 Å². The first-order valence-corrected chi connectivity index (χ1v) is 5.16. The van der Waals surface area contributed by atoms with Crippen molar-refractivity contribution in [1.29, 1.82) is 0 Å². The molecular weight excluding hydrogens is 244 g/mol. The van der Waals surface area contributed by atoms with Crippen LogP contribution in [-0.2, 0) is 4.74 Å². The molecule has 0 saturated heterocycles. The van der Waals surface area contributed by atoms with Crippen molar-refractivity contribution in [3.8, 4) is 17.1 Å². The molecule has 0 bridgehead atoms. The summed E-state index contributed by atoms with van der Waals surface area (Å²) in [6.45, 7) is 0. The molecule has 0 aliphatic carbocycles. The first-order chi connectivity index (χ1) is 8.11. The van der Waals surface area contributed by atoms with E-state index in [1.807, 2.05) is 0 Å². The van der Waals surface area contributed by atoms with Crippen LogP contribution in [-0.4, -0.2) is 18.2 Å². The van der Waals surface area contributed by atoms with E-state index in [-0.39, 0.29) is 11.5 Å². The average molecular weight is 253 g/mol. The highest BCUT2D eigenvalue weighted by Crippen LogP contribution is 2.32. The molecule has 4 nitrogen and oxygen atoms in total. The average Bonchev–Trinajstić information content (AvgIpc) is 2.80. The minimum atomic E-state index is -0.572. The van der Waals surface area contributed by atoms with Crippen molar-refractivity contribution in [2.45, 2.75) is 0 Å². The number of rotatable bonds is 2. The predicted octanol–water partition coefficient (Wildman–Crippen LogP) is 3.09. The Morgan fingerprint density at radius 1 is 1.35 bits per heavy atom. The number of hydrogen-bond acceptors (Lipinski definition) is 4. The molecule has 0 spiro atoms. The van der Waals surface area contributed by atoms with E-state index in [0.29, 0.717) is 16.3 Å². The Morgan fingerprint density at radius 3 is 2.82 bits per heavy atom. The fraction of sp³-hybridized carbons (Fsp3) is 0.0833. The summed E-state index contributed by atoms with van der Waals surface area (Å²) in [5.74, 6) is -0.120. The zero-order chi connectivity index (χ0) is 12.4. The summed E-state index contributed by atoms with van der Waals surface area (Å²) >= 11 is 5.82. The van der Waals surface area contributed by atoms with Gasteiger partial charge in [-0.15, -0.1) is 0 Å². The van der Waals surface area contributed by atoms with Crippen molar-refractivity contribution in [2.75, 3.05) is 7.11 Å². The van der Waals surface area contributed by atoms with Crippen LogP contribution >= 0.6 is 11.6 Å². The number of esters is 1. The quantitative estimate of drug-likeness (QED) is 0.835. The van der Waals surface area contributed by atoms with E-state index >= 15 is 0 Å². The molecule has 2 rings (SSSR count). The minimum absolute atomic E-state index is 0.0279. The number of carbonyl (C=O) groups excluding carboxylic acids is 1. The third kappa shape index (κ3) is 2.26. The van der Waals surface area contributed by atoms with E-state index in [1.165, 1.54) is 19.2 Å². The monoisotopic (exact) mass is 252 g/mol. The van der Waals surface area contributed by atoms with E-state index in [9.17, 15) is 9.90 Å². The molecule has 1 aromatic carbocycles. The van der Waals surface area contributed by atoms with Gasteiger partial charge in [-0.25, -0.2) is 4.79 Å². The van der Waals surface area contributed by atoms with Crippen molar-refractivity contribution >= 4 is 17.6 Å². The number of methoxy groups -OCH3 is 1. The number of benzene rings is 1. The zero-order valence-corrected chi connectivity index (χ0v) is 9.69. The van der Waals surface area contributed by atoms with Crippen molar-refractivity contribution in [3.63, 3.8) is 0 Å². The van der Waals surface area contributed by atoms with Crippen molar-refractivity contribution in [3.05, 3.63) is 41.1 Å². The maximum atomic E-state index is 11.2. The van der Waals surface area contributed by atoms with Crippen LogP contribution in [0.3, 0.4) is 0 Å². The summed E-state index contributed by atoms with van der Waals surface area (Å²) < 4.78 is 9.78. The number of ether oxygens (including phenoxy) is 1. The van der Waals surface area contributed by atoms with Crippen molar-refractivity contribution in [1.82, 2.24) is 0 Å². The summed E-state index contributed by atoms with van der Waals surface area (Å²) in [7, 11) is 1.27. The molecule has 0 radical (unpaired) electrons. The van der Waals surface area contributed by atoms with Gasteiger partial charge in [0.1, 0.15) is 11.5 Å². The number of phenolic OH excluding ortho intramolecular Hbond substituents is 1. The lowest BCUT2D eigenvalue weighted by atomic mass is 10.1. The van der Waals surface area contributed by atoms with Gasteiger partial charge in [-0.05, 0) is 30.3 Å². The van der Waals surface area contributed by atoms with Gasteiger partial charge < -0.3 is 14.3 Å². The number of carbonyl (C=O) groups is 1. The Morgan fingerprint density at radius 2 is 2.12 bits per heavy atom. The number of furan rings is 1. The fourth-order valence-electron chi connectivity index (χ4n) is 1.40. The molecule has 0 amide bonds. The highest BCUT2D eigenvalue weighted by Gasteiger charge is 2.14. The molecule has 1 N–H and O–H groups in total. The molecule has 0 unspecified atom stereocenters. The molecule has 17 heavy (non-hydrogen) atoms. The molecule has 1 aromatic heterocycles. The van der Waals surface area contributed by atoms with Gasteiger partial charge in [0.2, 0.25) is 5.76 Å². The fourth-order valence-corrected chi connectivity index (χ4v) is 1.57. The summed E-state index contributed by atoms with van der Waals surface area (Å²) in [4.78, 5) is 11.2. The largest absolute Gasteiger partial charge is 0.507 e. The third-order valence-electron chi connectivity index (χ3n) is 2.22. The van der Waals surface area contributed by atoms with Crippen molar-refractivity contribution < 1.29 is 19.1 Å². The molecule has 0 atom stereocenters. The number of hydrogen-bond donors (Lipinski definition) is 1. The first-order valence-electron chi connectivity index (χ1n) is 4.79. The van der Waals surface area contributed by atoms with E-state index in [1.54, 1.807) is 18.2 Å². The maximum Gasteiger partial charge on any atom is 0.373 e. The Hall–Kier alpha value is -1.94. The molecule has 0 aliphatic heterocycles. The summed E-state index contributed by atoms with van der Waals surface area (Å²) in [5.41, 5.74) is 0.424. The lowest BCUT2D eigenvalue weighted by Crippen LogP contribution is -1.98. The Kier molecular flexibility index (Phi) is 3.06. The Labute approximate surface area is 102 Å². The van der Waals surface area contributed by atoms with Gasteiger partial charge in [-0.2, -0.15) is 0 Å². The second kappa shape index (κ2) is 4.51. The number of aromatic hydroxyl groups is 1. The molecule has 1 heterocycles. The number of halogens is 1. The van der Waals surface area contributed by atoms with Gasteiger partial charge in [0, 0.05) is 5.02 Å². The lowest BCUT2D eigenvalue weighted by Gasteiger charge is -2.01. The van der Waals surface area contributed by atoms with Crippen LogP contribution in [0.15, 0.2) is 34.7 Å². The normalized spacial score (nSPS) is 10.2. The third-order valence-corrected chi connectivity index (χ3v) is 2.45. The van der Waals surface area contributed by atoms with Gasteiger partial charge in [0.15, 0.2) is 0 Å². The van der Waals surface area contributed by atoms with E-state index in [2.05, 4.69) is 4.74 Å². The molecule has 0 saturated carbocycles. The van der Waals surface area contributed by atoms with Crippen LogP contribution in [0.1, 0.15) is 10.6 Å². The van der Waals surface area contributed by atoms with Gasteiger partial charge in [-0.3, -0.25) is 0 Å². The highest BCUT2D eigenvalue weighted by molar-refractivity contribution is 6.30. The van der Waals surface area contributed by atoms with Crippen LogP contribution < -0.4 is 0 Å². The summed E-state index contributed by atoms with van der Waals surface area (Å²) in [6, 6.07) is 7.61. The van der Waals surface area contributed by atoms with Crippen LogP contribution in [0, 0.1) is 0 Å². The Balaban J connectivity index is 2.43.